The first-order valence-electron chi connectivity index (χ1n) is 15.2. The van der Waals surface area contributed by atoms with E-state index in [1.54, 1.807) is 0 Å². The van der Waals surface area contributed by atoms with Gasteiger partial charge in [0.15, 0.2) is 11.6 Å². The number of unbranched alkanes of at least 4 members (excludes halogenated alkanes) is 4. The van der Waals surface area contributed by atoms with Gasteiger partial charge in [0.2, 0.25) is 0 Å². The van der Waals surface area contributed by atoms with Crippen LogP contribution < -0.4 is 0 Å². The van der Waals surface area contributed by atoms with Crippen LogP contribution >= 0.6 is 0 Å². The SMILES string of the molecule is O=C(CCCCCN1CCCC1)c1cccc2cc3c(C(=O)CCCCCN4CCCC4)cccc3cc12. The van der Waals surface area contributed by atoms with Crippen LogP contribution in [0.3, 0.4) is 0 Å². The van der Waals surface area contributed by atoms with Gasteiger partial charge in [-0.3, -0.25) is 9.59 Å². The first kappa shape index (κ1) is 27.0. The number of hydrogen-bond acceptors (Lipinski definition) is 4. The molecule has 5 rings (SSSR count). The van der Waals surface area contributed by atoms with Gasteiger partial charge in [-0.15, -0.1) is 0 Å². The van der Waals surface area contributed by atoms with Crippen molar-refractivity contribution in [2.24, 2.45) is 0 Å². The Morgan fingerprint density at radius 1 is 0.553 bits per heavy atom. The summed E-state index contributed by atoms with van der Waals surface area (Å²) in [6.07, 6.45) is 13.0. The highest BCUT2D eigenvalue weighted by molar-refractivity contribution is 6.15. The average Bonchev–Trinajstić information content (AvgIpc) is 3.65. The van der Waals surface area contributed by atoms with Gasteiger partial charge in [0.05, 0.1) is 0 Å². The second-order valence-corrected chi connectivity index (χ2v) is 11.5. The molecular formula is C34H44N2O2. The summed E-state index contributed by atoms with van der Waals surface area (Å²) in [6, 6.07) is 16.3. The van der Waals surface area contributed by atoms with Crippen molar-refractivity contribution in [3.63, 3.8) is 0 Å². The number of carbonyl (C=O) groups is 2. The summed E-state index contributed by atoms with van der Waals surface area (Å²) in [5.41, 5.74) is 1.64. The van der Waals surface area contributed by atoms with E-state index in [2.05, 4.69) is 34.1 Å². The monoisotopic (exact) mass is 512 g/mol. The van der Waals surface area contributed by atoms with Gasteiger partial charge in [0, 0.05) is 24.0 Å². The lowest BCUT2D eigenvalue weighted by atomic mass is 9.92. The Kier molecular flexibility index (Phi) is 9.59. The van der Waals surface area contributed by atoms with Gasteiger partial charge in [-0.1, -0.05) is 49.2 Å². The van der Waals surface area contributed by atoms with E-state index < -0.39 is 0 Å². The van der Waals surface area contributed by atoms with Gasteiger partial charge < -0.3 is 9.80 Å². The Bertz CT molecular complexity index is 1140. The van der Waals surface area contributed by atoms with E-state index in [0.29, 0.717) is 12.8 Å². The predicted octanol–water partition coefficient (Wildman–Crippen LogP) is 7.67. The van der Waals surface area contributed by atoms with Crippen LogP contribution in [0.25, 0.3) is 21.5 Å². The molecule has 0 unspecified atom stereocenters. The summed E-state index contributed by atoms with van der Waals surface area (Å²) >= 11 is 0. The number of likely N-dealkylation sites (tertiary alicyclic amines) is 2. The predicted molar refractivity (Wildman–Crippen MR) is 158 cm³/mol. The number of nitrogens with zero attached hydrogens (tertiary/aromatic N) is 2. The molecular weight excluding hydrogens is 468 g/mol. The Balaban J connectivity index is 1.20. The summed E-state index contributed by atoms with van der Waals surface area (Å²) in [5.74, 6) is 0.467. The van der Waals surface area contributed by atoms with Crippen LogP contribution in [0.1, 0.15) is 97.8 Å². The van der Waals surface area contributed by atoms with Crippen molar-refractivity contribution in [2.45, 2.75) is 77.0 Å². The zero-order valence-corrected chi connectivity index (χ0v) is 23.1. The van der Waals surface area contributed by atoms with Crippen molar-refractivity contribution in [1.82, 2.24) is 9.80 Å². The van der Waals surface area contributed by atoms with Crippen molar-refractivity contribution in [1.29, 1.82) is 0 Å². The lowest BCUT2D eigenvalue weighted by Crippen LogP contribution is -2.20. The molecule has 38 heavy (non-hydrogen) atoms. The summed E-state index contributed by atoms with van der Waals surface area (Å²) < 4.78 is 0. The summed E-state index contributed by atoms with van der Waals surface area (Å²) in [5, 5.41) is 4.11. The standard InChI is InChI=1S/C34H44N2O2/c37-33(17-3-1-5-19-35-21-7-8-22-35)29-15-11-13-27-26-32-28(25-31(27)29)14-12-16-30(32)34(38)18-4-2-6-20-36-23-9-10-24-36/h11-16,25-26H,1-10,17-24H2. The minimum absolute atomic E-state index is 0.234. The van der Waals surface area contributed by atoms with Crippen LogP contribution in [0.15, 0.2) is 48.5 Å². The molecule has 0 aromatic heterocycles. The average molecular weight is 513 g/mol. The number of ketones is 2. The zero-order chi connectivity index (χ0) is 26.2. The van der Waals surface area contributed by atoms with Crippen molar-refractivity contribution in [3.8, 4) is 0 Å². The van der Waals surface area contributed by atoms with Crippen LogP contribution in [0, 0.1) is 0 Å². The zero-order valence-electron chi connectivity index (χ0n) is 23.1. The van der Waals surface area contributed by atoms with Gasteiger partial charge in [-0.2, -0.15) is 0 Å². The summed E-state index contributed by atoms with van der Waals surface area (Å²) in [4.78, 5) is 31.5. The van der Waals surface area contributed by atoms with Crippen molar-refractivity contribution >= 4 is 33.1 Å². The molecule has 2 fully saturated rings. The van der Waals surface area contributed by atoms with E-state index in [4.69, 9.17) is 0 Å². The Labute approximate surface area is 228 Å². The van der Waals surface area contributed by atoms with Gasteiger partial charge in [-0.25, -0.2) is 0 Å². The molecule has 2 aliphatic rings. The molecule has 0 amide bonds. The van der Waals surface area contributed by atoms with Crippen LogP contribution in [0.5, 0.6) is 0 Å². The first-order chi connectivity index (χ1) is 18.7. The highest BCUT2D eigenvalue weighted by Gasteiger charge is 2.15. The molecule has 202 valence electrons. The number of Topliss-reactive ketones (excluding diaryl/α,β-unsaturated/α-hetero) is 2. The van der Waals surface area contributed by atoms with E-state index in [9.17, 15) is 9.59 Å². The minimum atomic E-state index is 0.234. The number of carbonyl (C=O) groups excluding carboxylic acids is 2. The van der Waals surface area contributed by atoms with Crippen LogP contribution in [-0.4, -0.2) is 60.6 Å². The maximum atomic E-state index is 13.2. The third-order valence-corrected chi connectivity index (χ3v) is 8.63. The van der Waals surface area contributed by atoms with Gasteiger partial charge in [0.1, 0.15) is 0 Å². The molecule has 2 saturated heterocycles. The van der Waals surface area contributed by atoms with Crippen LogP contribution in [-0.2, 0) is 0 Å². The lowest BCUT2D eigenvalue weighted by molar-refractivity contribution is 0.0972. The second-order valence-electron chi connectivity index (χ2n) is 11.5. The molecule has 0 spiro atoms. The van der Waals surface area contributed by atoms with Gasteiger partial charge >= 0.3 is 0 Å². The lowest BCUT2D eigenvalue weighted by Gasteiger charge is -2.14. The third-order valence-electron chi connectivity index (χ3n) is 8.63. The quantitative estimate of drug-likeness (QED) is 0.126. The Morgan fingerprint density at radius 2 is 0.974 bits per heavy atom. The molecule has 2 heterocycles. The molecule has 2 aliphatic heterocycles. The highest BCUT2D eigenvalue weighted by atomic mass is 16.1. The molecule has 0 N–H and O–H groups in total. The fraction of sp³-hybridized carbons (Fsp3) is 0.529. The number of benzene rings is 3. The van der Waals surface area contributed by atoms with Crippen molar-refractivity contribution in [2.75, 3.05) is 39.3 Å². The topological polar surface area (TPSA) is 40.6 Å². The summed E-state index contributed by atoms with van der Waals surface area (Å²) in [6.45, 7) is 7.33. The molecule has 0 bridgehead atoms. The van der Waals surface area contributed by atoms with Crippen molar-refractivity contribution < 1.29 is 9.59 Å². The van der Waals surface area contributed by atoms with Crippen LogP contribution in [0.2, 0.25) is 0 Å². The van der Waals surface area contributed by atoms with E-state index in [1.165, 1.54) is 77.8 Å². The van der Waals surface area contributed by atoms with Gasteiger partial charge in [0.25, 0.3) is 0 Å². The third kappa shape index (κ3) is 6.90. The molecule has 3 aromatic carbocycles. The molecule has 3 aromatic rings. The van der Waals surface area contributed by atoms with Gasteiger partial charge in [-0.05, 0) is 124 Å². The highest BCUT2D eigenvalue weighted by Crippen LogP contribution is 2.29. The molecule has 4 nitrogen and oxygen atoms in total. The maximum Gasteiger partial charge on any atom is 0.163 e. The fourth-order valence-electron chi connectivity index (χ4n) is 6.41. The normalized spacial score (nSPS) is 16.6. The molecule has 0 saturated carbocycles. The second kappa shape index (κ2) is 13.5. The van der Waals surface area contributed by atoms with E-state index in [-0.39, 0.29) is 11.6 Å². The Morgan fingerprint density at radius 3 is 1.39 bits per heavy atom. The van der Waals surface area contributed by atoms with E-state index in [1.807, 2.05) is 24.3 Å². The molecule has 0 atom stereocenters. The largest absolute Gasteiger partial charge is 0.303 e. The number of rotatable bonds is 14. The molecule has 4 heteroatoms. The summed E-state index contributed by atoms with van der Waals surface area (Å²) in [7, 11) is 0. The number of fused-ring (bicyclic) bond motifs is 2. The first-order valence-corrected chi connectivity index (χ1v) is 15.2. The Hall–Kier alpha value is -2.56. The fourth-order valence-corrected chi connectivity index (χ4v) is 6.41. The number of hydrogen-bond donors (Lipinski definition) is 0. The van der Waals surface area contributed by atoms with E-state index in [0.717, 1.165) is 58.4 Å². The minimum Gasteiger partial charge on any atom is -0.303 e. The van der Waals surface area contributed by atoms with Crippen molar-refractivity contribution in [3.05, 3.63) is 59.7 Å². The molecule has 0 radical (unpaired) electrons. The smallest absolute Gasteiger partial charge is 0.163 e. The molecule has 0 aliphatic carbocycles. The van der Waals surface area contributed by atoms with E-state index >= 15 is 0 Å². The maximum absolute atomic E-state index is 13.2. The van der Waals surface area contributed by atoms with Crippen LogP contribution in [0.4, 0.5) is 0 Å².